The van der Waals surface area contributed by atoms with Gasteiger partial charge in [-0.3, -0.25) is 9.88 Å². The summed E-state index contributed by atoms with van der Waals surface area (Å²) in [7, 11) is 1.71. The Morgan fingerprint density at radius 2 is 2.20 bits per heavy atom. The Morgan fingerprint density at radius 3 is 2.88 bits per heavy atom. The van der Waals surface area contributed by atoms with Gasteiger partial charge in [0.15, 0.2) is 0 Å². The highest BCUT2D eigenvalue weighted by Gasteiger charge is 2.41. The molecule has 3 heteroatoms. The van der Waals surface area contributed by atoms with Gasteiger partial charge >= 0.3 is 0 Å². The maximum absolute atomic E-state index is 5.44. The van der Waals surface area contributed by atoms with Crippen molar-refractivity contribution in [1.29, 1.82) is 0 Å². The Kier molecular flexibility index (Phi) is 4.34. The molecular weight excluding hydrogens is 308 g/mol. The van der Waals surface area contributed by atoms with Crippen molar-refractivity contribution in [3.8, 4) is 5.75 Å². The van der Waals surface area contributed by atoms with Gasteiger partial charge < -0.3 is 4.74 Å². The molecule has 2 bridgehead atoms. The SMILES string of the molecule is C=C[C@H]1CN2CC[C@H]1C[C@H]2[C@@H](C=C)c1ccnc2ccc(OC)cc12. The standard InChI is InChI=1S/C22H26N2O/c1-4-15-14-24-11-9-16(15)12-22(24)18(5-2)19-8-10-23-21-7-6-17(25-3)13-20(19)21/h4-8,10,13,15-16,18,22H,1-2,9,11-12,14H2,3H3/t15-,16-,18-,22-/m0/s1. The highest BCUT2D eigenvalue weighted by atomic mass is 16.5. The zero-order valence-electron chi connectivity index (χ0n) is 14.9. The van der Waals surface area contributed by atoms with E-state index < -0.39 is 0 Å². The van der Waals surface area contributed by atoms with E-state index in [2.05, 4.69) is 47.3 Å². The second kappa shape index (κ2) is 6.64. The Bertz CT molecular complexity index is 800. The second-order valence-electron chi connectivity index (χ2n) is 7.29. The van der Waals surface area contributed by atoms with Crippen LogP contribution in [0.5, 0.6) is 5.75 Å². The first-order valence-corrected chi connectivity index (χ1v) is 9.17. The van der Waals surface area contributed by atoms with E-state index in [0.717, 1.165) is 23.7 Å². The number of piperidine rings is 3. The Morgan fingerprint density at radius 1 is 1.32 bits per heavy atom. The van der Waals surface area contributed by atoms with Crippen LogP contribution < -0.4 is 4.74 Å². The second-order valence-corrected chi connectivity index (χ2v) is 7.29. The molecule has 4 heterocycles. The van der Waals surface area contributed by atoms with Crippen molar-refractivity contribution >= 4 is 10.9 Å². The molecule has 0 aliphatic carbocycles. The predicted molar refractivity (Wildman–Crippen MR) is 103 cm³/mol. The quantitative estimate of drug-likeness (QED) is 0.757. The van der Waals surface area contributed by atoms with Crippen molar-refractivity contribution in [1.82, 2.24) is 9.88 Å². The fourth-order valence-electron chi connectivity index (χ4n) is 4.81. The van der Waals surface area contributed by atoms with Crippen molar-refractivity contribution in [2.24, 2.45) is 11.8 Å². The predicted octanol–water partition coefficient (Wildman–Crippen LogP) is 4.41. The molecule has 0 saturated carbocycles. The molecule has 0 radical (unpaired) electrons. The third-order valence-electron chi connectivity index (χ3n) is 6.16. The molecule has 0 spiro atoms. The van der Waals surface area contributed by atoms with Crippen molar-refractivity contribution in [2.75, 3.05) is 20.2 Å². The summed E-state index contributed by atoms with van der Waals surface area (Å²) in [6, 6.07) is 8.80. The molecule has 25 heavy (non-hydrogen) atoms. The van der Waals surface area contributed by atoms with E-state index in [4.69, 9.17) is 4.74 Å². The number of hydrogen-bond donors (Lipinski definition) is 0. The van der Waals surface area contributed by atoms with Crippen LogP contribution in [0.2, 0.25) is 0 Å². The Hall–Kier alpha value is -2.13. The van der Waals surface area contributed by atoms with Gasteiger partial charge in [-0.05, 0) is 61.1 Å². The maximum atomic E-state index is 5.44. The zero-order valence-corrected chi connectivity index (χ0v) is 14.9. The lowest BCUT2D eigenvalue weighted by Gasteiger charge is -2.51. The minimum Gasteiger partial charge on any atom is -0.497 e. The summed E-state index contributed by atoms with van der Waals surface area (Å²) in [6.45, 7) is 10.6. The molecule has 130 valence electrons. The zero-order chi connectivity index (χ0) is 17.4. The van der Waals surface area contributed by atoms with E-state index in [-0.39, 0.29) is 0 Å². The number of hydrogen-bond acceptors (Lipinski definition) is 3. The summed E-state index contributed by atoms with van der Waals surface area (Å²) in [6.07, 6.45) is 8.72. The summed E-state index contributed by atoms with van der Waals surface area (Å²) in [4.78, 5) is 7.18. The lowest BCUT2D eigenvalue weighted by Crippen LogP contribution is -2.54. The maximum Gasteiger partial charge on any atom is 0.119 e. The number of rotatable bonds is 5. The molecule has 3 saturated heterocycles. The lowest BCUT2D eigenvalue weighted by atomic mass is 9.71. The third kappa shape index (κ3) is 2.77. The average molecular weight is 334 g/mol. The molecule has 0 amide bonds. The average Bonchev–Trinajstić information content (AvgIpc) is 2.68. The number of fused-ring (bicyclic) bond motifs is 4. The van der Waals surface area contributed by atoms with Crippen LogP contribution in [0.3, 0.4) is 0 Å². The number of ether oxygens (including phenoxy) is 1. The summed E-state index contributed by atoms with van der Waals surface area (Å²) in [5.74, 6) is 2.59. The van der Waals surface area contributed by atoms with Gasteiger partial charge in [0.25, 0.3) is 0 Å². The first-order valence-electron chi connectivity index (χ1n) is 9.17. The monoisotopic (exact) mass is 334 g/mol. The molecular formula is C22H26N2O. The van der Waals surface area contributed by atoms with Crippen LogP contribution >= 0.6 is 0 Å². The van der Waals surface area contributed by atoms with E-state index in [0.29, 0.717) is 17.9 Å². The molecule has 1 unspecified atom stereocenters. The summed E-state index contributed by atoms with van der Waals surface area (Å²) in [5, 5.41) is 1.18. The molecule has 3 aliphatic rings. The van der Waals surface area contributed by atoms with Gasteiger partial charge in [-0.1, -0.05) is 12.2 Å². The Labute approximate surface area is 150 Å². The van der Waals surface area contributed by atoms with Crippen LogP contribution in [0, 0.1) is 11.8 Å². The van der Waals surface area contributed by atoms with Crippen LogP contribution in [0.1, 0.15) is 24.3 Å². The first kappa shape index (κ1) is 16.3. The Balaban J connectivity index is 1.74. The smallest absolute Gasteiger partial charge is 0.119 e. The number of nitrogens with zero attached hydrogens (tertiary/aromatic N) is 2. The minimum atomic E-state index is 0.311. The molecule has 3 nitrogen and oxygen atoms in total. The highest BCUT2D eigenvalue weighted by Crippen LogP contribution is 2.43. The topological polar surface area (TPSA) is 25.4 Å². The van der Waals surface area contributed by atoms with Crippen molar-refractivity contribution in [3.63, 3.8) is 0 Å². The lowest BCUT2D eigenvalue weighted by molar-refractivity contribution is 0.0131. The molecule has 5 atom stereocenters. The van der Waals surface area contributed by atoms with Gasteiger partial charge in [-0.25, -0.2) is 0 Å². The molecule has 0 N–H and O–H groups in total. The van der Waals surface area contributed by atoms with Crippen molar-refractivity contribution in [3.05, 3.63) is 61.3 Å². The first-order chi connectivity index (χ1) is 12.2. The van der Waals surface area contributed by atoms with E-state index in [1.54, 1.807) is 7.11 Å². The minimum absolute atomic E-state index is 0.311. The molecule has 1 aromatic carbocycles. The summed E-state index contributed by atoms with van der Waals surface area (Å²) >= 11 is 0. The van der Waals surface area contributed by atoms with E-state index >= 15 is 0 Å². The fourth-order valence-corrected chi connectivity index (χ4v) is 4.81. The van der Waals surface area contributed by atoms with Gasteiger partial charge in [0.05, 0.1) is 12.6 Å². The summed E-state index contributed by atoms with van der Waals surface area (Å²) < 4.78 is 5.44. The third-order valence-corrected chi connectivity index (χ3v) is 6.16. The van der Waals surface area contributed by atoms with Crippen LogP contribution in [0.25, 0.3) is 10.9 Å². The molecule has 3 aliphatic heterocycles. The van der Waals surface area contributed by atoms with Gasteiger partial charge in [0.2, 0.25) is 0 Å². The number of methoxy groups -OCH3 is 1. The van der Waals surface area contributed by atoms with Crippen molar-refractivity contribution < 1.29 is 4.74 Å². The number of benzene rings is 1. The normalized spacial score (nSPS) is 29.3. The van der Waals surface area contributed by atoms with Crippen LogP contribution in [-0.2, 0) is 0 Å². The highest BCUT2D eigenvalue weighted by molar-refractivity contribution is 5.84. The molecule has 3 fully saturated rings. The number of aromatic nitrogens is 1. The molecule has 1 aromatic heterocycles. The fraction of sp³-hybridized carbons (Fsp3) is 0.409. The molecule has 5 rings (SSSR count). The van der Waals surface area contributed by atoms with E-state index in [1.807, 2.05) is 18.3 Å². The van der Waals surface area contributed by atoms with Crippen molar-refractivity contribution in [2.45, 2.75) is 24.8 Å². The molecule has 2 aromatic rings. The summed E-state index contributed by atoms with van der Waals surface area (Å²) in [5.41, 5.74) is 2.33. The van der Waals surface area contributed by atoms with Crippen LogP contribution in [0.15, 0.2) is 55.8 Å². The van der Waals surface area contributed by atoms with E-state index in [9.17, 15) is 0 Å². The van der Waals surface area contributed by atoms with Gasteiger partial charge in [-0.15, -0.1) is 13.2 Å². The number of pyridine rings is 1. The van der Waals surface area contributed by atoms with Crippen LogP contribution in [-0.4, -0.2) is 36.1 Å². The van der Waals surface area contributed by atoms with Gasteiger partial charge in [0, 0.05) is 30.1 Å². The largest absolute Gasteiger partial charge is 0.497 e. The van der Waals surface area contributed by atoms with Crippen LogP contribution in [0.4, 0.5) is 0 Å². The van der Waals surface area contributed by atoms with Gasteiger partial charge in [-0.2, -0.15) is 0 Å². The van der Waals surface area contributed by atoms with E-state index in [1.165, 1.54) is 30.3 Å². The van der Waals surface area contributed by atoms with Gasteiger partial charge in [0.1, 0.15) is 5.75 Å².